The van der Waals surface area contributed by atoms with Crippen molar-refractivity contribution in [2.75, 3.05) is 44.6 Å². The zero-order valence-corrected chi connectivity index (χ0v) is 19.9. The third-order valence-electron chi connectivity index (χ3n) is 7.09. The van der Waals surface area contributed by atoms with Gasteiger partial charge in [-0.05, 0) is 44.7 Å². The topological polar surface area (TPSA) is 55.9 Å². The van der Waals surface area contributed by atoms with E-state index < -0.39 is 0 Å². The molecule has 0 saturated carbocycles. The molecule has 2 atom stereocenters. The van der Waals surface area contributed by atoms with Crippen LogP contribution in [0.2, 0.25) is 0 Å². The molecule has 2 heterocycles. The van der Waals surface area contributed by atoms with Crippen LogP contribution in [0.3, 0.4) is 0 Å². The molecule has 1 N–H and O–H groups in total. The van der Waals surface area contributed by atoms with Crippen molar-refractivity contribution in [1.82, 2.24) is 14.7 Å². The van der Waals surface area contributed by atoms with E-state index in [-0.39, 0.29) is 17.9 Å². The second kappa shape index (κ2) is 10.9. The minimum absolute atomic E-state index is 0.00468. The number of anilines is 1. The van der Waals surface area contributed by atoms with Crippen LogP contribution in [0.15, 0.2) is 54.6 Å². The molecule has 0 bridgehead atoms. The molecule has 0 spiro atoms. The highest BCUT2D eigenvalue weighted by Crippen LogP contribution is 2.28. The van der Waals surface area contributed by atoms with E-state index in [1.54, 1.807) is 0 Å². The molecule has 0 radical (unpaired) electrons. The number of carbonyl (C=O) groups is 2. The van der Waals surface area contributed by atoms with E-state index in [4.69, 9.17) is 0 Å². The van der Waals surface area contributed by atoms with E-state index in [0.717, 1.165) is 62.4 Å². The van der Waals surface area contributed by atoms with Gasteiger partial charge in [-0.15, -0.1) is 0 Å². The predicted molar refractivity (Wildman–Crippen MR) is 133 cm³/mol. The predicted octanol–water partition coefficient (Wildman–Crippen LogP) is 3.70. The van der Waals surface area contributed by atoms with Crippen molar-refractivity contribution in [3.05, 3.63) is 54.6 Å². The lowest BCUT2D eigenvalue weighted by Crippen LogP contribution is -2.55. The van der Waals surface area contributed by atoms with Crippen molar-refractivity contribution in [2.45, 2.75) is 45.2 Å². The van der Waals surface area contributed by atoms with Crippen molar-refractivity contribution >= 4 is 17.5 Å². The molecule has 33 heavy (non-hydrogen) atoms. The number of nitrogens with zero attached hydrogens (tertiary/aromatic N) is 3. The molecule has 2 unspecified atom stereocenters. The van der Waals surface area contributed by atoms with Crippen LogP contribution in [0, 0.1) is 0 Å². The molecule has 6 nitrogen and oxygen atoms in total. The zero-order chi connectivity index (χ0) is 23.2. The van der Waals surface area contributed by atoms with Crippen LogP contribution >= 0.6 is 0 Å². The molecular formula is C27H36N4O2. The summed E-state index contributed by atoms with van der Waals surface area (Å²) in [7, 11) is 0. The van der Waals surface area contributed by atoms with E-state index in [9.17, 15) is 9.59 Å². The van der Waals surface area contributed by atoms with E-state index in [1.165, 1.54) is 6.42 Å². The van der Waals surface area contributed by atoms with E-state index in [2.05, 4.69) is 39.1 Å². The quantitative estimate of drug-likeness (QED) is 0.732. The highest BCUT2D eigenvalue weighted by molar-refractivity contribution is 5.98. The fourth-order valence-electron chi connectivity index (χ4n) is 4.92. The van der Waals surface area contributed by atoms with Crippen molar-refractivity contribution in [1.29, 1.82) is 0 Å². The number of benzene rings is 2. The summed E-state index contributed by atoms with van der Waals surface area (Å²) in [6.45, 7) is 8.71. The lowest BCUT2D eigenvalue weighted by molar-refractivity contribution is -0.136. The lowest BCUT2D eigenvalue weighted by Gasteiger charge is -2.39. The van der Waals surface area contributed by atoms with Gasteiger partial charge in [0, 0.05) is 50.0 Å². The Morgan fingerprint density at radius 3 is 2.36 bits per heavy atom. The van der Waals surface area contributed by atoms with E-state index >= 15 is 0 Å². The maximum Gasteiger partial charge on any atom is 0.241 e. The second-order valence-electron chi connectivity index (χ2n) is 9.32. The fraction of sp³-hybridized carbons (Fsp3) is 0.481. The van der Waals surface area contributed by atoms with Gasteiger partial charge in [0.25, 0.3) is 0 Å². The normalized spacial score (nSPS) is 20.9. The van der Waals surface area contributed by atoms with Crippen LogP contribution in [0.1, 0.15) is 33.1 Å². The van der Waals surface area contributed by atoms with Crippen LogP contribution < -0.4 is 5.32 Å². The molecule has 2 aromatic carbocycles. The molecule has 2 amide bonds. The van der Waals surface area contributed by atoms with E-state index in [0.29, 0.717) is 12.6 Å². The maximum absolute atomic E-state index is 13.1. The van der Waals surface area contributed by atoms with Gasteiger partial charge in [0.15, 0.2) is 0 Å². The molecule has 0 aromatic heterocycles. The number of carbonyl (C=O) groups excluding carboxylic acids is 2. The van der Waals surface area contributed by atoms with Crippen LogP contribution in [0.5, 0.6) is 0 Å². The minimum atomic E-state index is -0.228. The Balaban J connectivity index is 1.30. The Kier molecular flexibility index (Phi) is 7.78. The van der Waals surface area contributed by atoms with Gasteiger partial charge < -0.3 is 10.2 Å². The number of hydrogen-bond acceptors (Lipinski definition) is 4. The maximum atomic E-state index is 13.1. The standard InChI is InChI=1S/C27H36N4O2/c1-21-10-8-9-15-31(21)26(32)20-29-16-18-30(19-17-29)22(2)27(33)28-25-14-7-6-13-24(25)23-11-4-3-5-12-23/h3-7,11-14,21-22H,8-10,15-20H2,1-2H3,(H,28,33). The largest absolute Gasteiger partial charge is 0.339 e. The van der Waals surface area contributed by atoms with Crippen LogP contribution in [0.25, 0.3) is 11.1 Å². The Hall–Kier alpha value is -2.70. The lowest BCUT2D eigenvalue weighted by atomic mass is 10.0. The monoisotopic (exact) mass is 448 g/mol. The number of para-hydroxylation sites is 1. The summed E-state index contributed by atoms with van der Waals surface area (Å²) in [6.07, 6.45) is 3.45. The van der Waals surface area contributed by atoms with Crippen molar-refractivity contribution < 1.29 is 9.59 Å². The molecule has 2 aromatic rings. The molecule has 2 fully saturated rings. The van der Waals surface area contributed by atoms with Gasteiger partial charge >= 0.3 is 0 Å². The third-order valence-corrected chi connectivity index (χ3v) is 7.09. The first-order chi connectivity index (χ1) is 16.0. The summed E-state index contributed by atoms with van der Waals surface area (Å²) in [5, 5.41) is 3.14. The molecule has 2 aliphatic heterocycles. The van der Waals surface area contributed by atoms with Gasteiger partial charge in [-0.3, -0.25) is 19.4 Å². The molecular weight excluding hydrogens is 412 g/mol. The highest BCUT2D eigenvalue weighted by Gasteiger charge is 2.29. The van der Waals surface area contributed by atoms with Crippen molar-refractivity contribution in [3.8, 4) is 11.1 Å². The first kappa shape index (κ1) is 23.5. The summed E-state index contributed by atoms with van der Waals surface area (Å²) < 4.78 is 0. The van der Waals surface area contributed by atoms with Crippen LogP contribution in [0.4, 0.5) is 5.69 Å². The number of piperazine rings is 1. The summed E-state index contributed by atoms with van der Waals surface area (Å²) in [6, 6.07) is 18.2. The summed E-state index contributed by atoms with van der Waals surface area (Å²) >= 11 is 0. The SMILES string of the molecule is CC(C(=O)Nc1ccccc1-c1ccccc1)N1CCN(CC(=O)N2CCCCC2C)CC1. The van der Waals surface area contributed by atoms with Gasteiger partial charge in [-0.2, -0.15) is 0 Å². The summed E-state index contributed by atoms with van der Waals surface area (Å²) in [4.78, 5) is 32.3. The zero-order valence-electron chi connectivity index (χ0n) is 19.9. The number of amides is 2. The third kappa shape index (κ3) is 5.81. The number of likely N-dealkylation sites (tertiary alicyclic amines) is 1. The Morgan fingerprint density at radius 1 is 0.939 bits per heavy atom. The smallest absolute Gasteiger partial charge is 0.241 e. The molecule has 0 aliphatic carbocycles. The van der Waals surface area contributed by atoms with Gasteiger partial charge in [0.2, 0.25) is 11.8 Å². The number of piperidine rings is 1. The fourth-order valence-corrected chi connectivity index (χ4v) is 4.92. The Morgan fingerprint density at radius 2 is 1.64 bits per heavy atom. The molecule has 2 aliphatic rings. The van der Waals surface area contributed by atoms with Gasteiger partial charge in [0.05, 0.1) is 12.6 Å². The van der Waals surface area contributed by atoms with E-state index in [1.807, 2.05) is 49.4 Å². The molecule has 176 valence electrons. The number of nitrogens with one attached hydrogen (secondary N) is 1. The number of rotatable bonds is 6. The Bertz CT molecular complexity index is 940. The van der Waals surface area contributed by atoms with Crippen molar-refractivity contribution in [2.24, 2.45) is 0 Å². The van der Waals surface area contributed by atoms with Crippen molar-refractivity contribution in [3.63, 3.8) is 0 Å². The Labute approximate surface area is 197 Å². The average molecular weight is 449 g/mol. The molecule has 2 saturated heterocycles. The average Bonchev–Trinajstić information content (AvgIpc) is 2.85. The minimum Gasteiger partial charge on any atom is -0.339 e. The van der Waals surface area contributed by atoms with Crippen LogP contribution in [-0.4, -0.2) is 77.9 Å². The molecule has 4 rings (SSSR count). The molecule has 6 heteroatoms. The van der Waals surface area contributed by atoms with Gasteiger partial charge in [-0.1, -0.05) is 48.5 Å². The first-order valence-corrected chi connectivity index (χ1v) is 12.2. The summed E-state index contributed by atoms with van der Waals surface area (Å²) in [5.74, 6) is 0.254. The van der Waals surface area contributed by atoms with Crippen LogP contribution in [-0.2, 0) is 9.59 Å². The van der Waals surface area contributed by atoms with Gasteiger partial charge in [0.1, 0.15) is 0 Å². The second-order valence-corrected chi connectivity index (χ2v) is 9.32. The first-order valence-electron chi connectivity index (χ1n) is 12.2. The van der Waals surface area contributed by atoms with Gasteiger partial charge in [-0.25, -0.2) is 0 Å². The summed E-state index contributed by atoms with van der Waals surface area (Å²) in [5.41, 5.74) is 2.94. The number of hydrogen-bond donors (Lipinski definition) is 1. The highest BCUT2D eigenvalue weighted by atomic mass is 16.2.